The van der Waals surface area contributed by atoms with Crippen molar-refractivity contribution in [3.8, 4) is 0 Å². The van der Waals surface area contributed by atoms with Crippen molar-refractivity contribution < 1.29 is 4.42 Å². The summed E-state index contributed by atoms with van der Waals surface area (Å²) in [5.41, 5.74) is 2.09. The highest BCUT2D eigenvalue weighted by Gasteiger charge is 2.02. The summed E-state index contributed by atoms with van der Waals surface area (Å²) < 4.78 is 5.46. The Morgan fingerprint density at radius 1 is 0.905 bits per heavy atom. The van der Waals surface area contributed by atoms with Crippen molar-refractivity contribution in [3.63, 3.8) is 0 Å². The fourth-order valence-electron chi connectivity index (χ4n) is 1.87. The Morgan fingerprint density at radius 3 is 2.38 bits per heavy atom. The van der Waals surface area contributed by atoms with E-state index in [9.17, 15) is 0 Å². The van der Waals surface area contributed by atoms with Gasteiger partial charge < -0.3 is 4.42 Å². The van der Waals surface area contributed by atoms with Crippen molar-refractivity contribution in [1.82, 2.24) is 4.98 Å². The lowest BCUT2D eigenvalue weighted by atomic mass is 10.2. The fraction of sp³-hybridized carbons (Fsp3) is 0.0556. The van der Waals surface area contributed by atoms with E-state index in [1.807, 2.05) is 60.7 Å². The topological polar surface area (TPSA) is 26.0 Å². The van der Waals surface area contributed by atoms with E-state index in [1.165, 1.54) is 4.90 Å². The van der Waals surface area contributed by atoms with Crippen molar-refractivity contribution in [3.05, 3.63) is 84.1 Å². The van der Waals surface area contributed by atoms with Crippen LogP contribution < -0.4 is 0 Å². The highest BCUT2D eigenvalue weighted by molar-refractivity contribution is 7.98. The number of aromatic nitrogens is 1. The molecule has 3 rings (SSSR count). The molecule has 0 aliphatic rings. The van der Waals surface area contributed by atoms with Gasteiger partial charge in [0, 0.05) is 16.7 Å². The van der Waals surface area contributed by atoms with Gasteiger partial charge in [-0.15, -0.1) is 11.8 Å². The molecule has 0 aliphatic heterocycles. The first kappa shape index (κ1) is 13.7. The van der Waals surface area contributed by atoms with Crippen LogP contribution >= 0.6 is 11.8 Å². The van der Waals surface area contributed by atoms with Gasteiger partial charge in [0.15, 0.2) is 0 Å². The van der Waals surface area contributed by atoms with Crippen LogP contribution in [0.2, 0.25) is 0 Å². The quantitative estimate of drug-likeness (QED) is 0.609. The molecule has 0 N–H and O–H groups in total. The summed E-state index contributed by atoms with van der Waals surface area (Å²) in [5.74, 6) is 1.45. The van der Waals surface area contributed by atoms with Crippen LogP contribution in [0, 0.1) is 0 Å². The molecule has 0 saturated heterocycles. The lowest BCUT2D eigenvalue weighted by molar-refractivity contribution is 0.546. The molecule has 104 valence electrons. The van der Waals surface area contributed by atoms with Gasteiger partial charge in [0.05, 0.1) is 5.69 Å². The number of hydrogen-bond acceptors (Lipinski definition) is 3. The maximum Gasteiger partial charge on any atom is 0.218 e. The van der Waals surface area contributed by atoms with Gasteiger partial charge in [0.2, 0.25) is 5.89 Å². The molecule has 21 heavy (non-hydrogen) atoms. The molecule has 0 aliphatic carbocycles. The first-order valence-corrected chi connectivity index (χ1v) is 7.74. The van der Waals surface area contributed by atoms with E-state index >= 15 is 0 Å². The highest BCUT2D eigenvalue weighted by Crippen LogP contribution is 2.22. The molecular weight excluding hydrogens is 278 g/mol. The summed E-state index contributed by atoms with van der Waals surface area (Å²) in [6, 6.07) is 20.4. The van der Waals surface area contributed by atoms with E-state index in [2.05, 4.69) is 17.1 Å². The second kappa shape index (κ2) is 6.95. The third-order valence-electron chi connectivity index (χ3n) is 2.92. The Balaban J connectivity index is 1.60. The van der Waals surface area contributed by atoms with Crippen molar-refractivity contribution in [1.29, 1.82) is 0 Å². The molecule has 3 heteroatoms. The van der Waals surface area contributed by atoms with Crippen LogP contribution in [0.1, 0.15) is 17.1 Å². The van der Waals surface area contributed by atoms with E-state index in [0.29, 0.717) is 5.89 Å². The van der Waals surface area contributed by atoms with E-state index in [4.69, 9.17) is 4.42 Å². The van der Waals surface area contributed by atoms with Crippen LogP contribution in [0.25, 0.3) is 12.2 Å². The Labute approximate surface area is 128 Å². The maximum absolute atomic E-state index is 5.46. The second-order valence-electron chi connectivity index (χ2n) is 4.52. The minimum Gasteiger partial charge on any atom is -0.445 e. The molecule has 0 bridgehead atoms. The van der Waals surface area contributed by atoms with Gasteiger partial charge >= 0.3 is 0 Å². The van der Waals surface area contributed by atoms with Crippen LogP contribution in [0.15, 0.2) is 76.2 Å². The lowest BCUT2D eigenvalue weighted by Gasteiger charge is -1.96. The first-order chi connectivity index (χ1) is 10.4. The van der Waals surface area contributed by atoms with Crippen LogP contribution in [-0.4, -0.2) is 4.98 Å². The monoisotopic (exact) mass is 293 g/mol. The van der Waals surface area contributed by atoms with Crippen LogP contribution in [0.4, 0.5) is 0 Å². The molecule has 2 nitrogen and oxygen atoms in total. The minimum absolute atomic E-state index is 0.641. The number of rotatable bonds is 5. The fourth-order valence-corrected chi connectivity index (χ4v) is 2.67. The molecule has 3 aromatic rings. The minimum atomic E-state index is 0.641. The average Bonchev–Trinajstić information content (AvgIpc) is 3.01. The number of oxazole rings is 1. The van der Waals surface area contributed by atoms with Crippen LogP contribution in [-0.2, 0) is 5.75 Å². The van der Waals surface area contributed by atoms with Crippen LogP contribution in [0.5, 0.6) is 0 Å². The van der Waals surface area contributed by atoms with Crippen molar-refractivity contribution in [2.45, 2.75) is 10.6 Å². The Kier molecular flexibility index (Phi) is 4.54. The summed E-state index contributed by atoms with van der Waals surface area (Å²) in [6.45, 7) is 0. The van der Waals surface area contributed by atoms with Gasteiger partial charge in [-0.2, -0.15) is 0 Å². The van der Waals surface area contributed by atoms with Crippen molar-refractivity contribution in [2.24, 2.45) is 0 Å². The zero-order valence-electron chi connectivity index (χ0n) is 11.5. The second-order valence-corrected chi connectivity index (χ2v) is 5.57. The van der Waals surface area contributed by atoms with E-state index in [-0.39, 0.29) is 0 Å². The smallest absolute Gasteiger partial charge is 0.218 e. The predicted molar refractivity (Wildman–Crippen MR) is 87.9 cm³/mol. The molecule has 0 saturated carbocycles. The first-order valence-electron chi connectivity index (χ1n) is 6.75. The molecule has 1 aromatic heterocycles. The van der Waals surface area contributed by atoms with E-state index < -0.39 is 0 Å². The molecule has 0 fully saturated rings. The Hall–Kier alpha value is -2.26. The van der Waals surface area contributed by atoms with Crippen molar-refractivity contribution in [2.75, 3.05) is 0 Å². The standard InChI is InChI=1S/C18H15NOS/c1-3-7-15(8-4-1)11-12-18-19-16(13-20-18)14-21-17-9-5-2-6-10-17/h1-13H,14H2. The molecular formula is C18H15NOS. The maximum atomic E-state index is 5.46. The molecule has 0 radical (unpaired) electrons. The Bertz CT molecular complexity index is 704. The number of nitrogens with zero attached hydrogens (tertiary/aromatic N) is 1. The zero-order valence-corrected chi connectivity index (χ0v) is 12.3. The molecule has 0 atom stereocenters. The van der Waals surface area contributed by atoms with Crippen LogP contribution in [0.3, 0.4) is 0 Å². The zero-order chi connectivity index (χ0) is 14.3. The summed E-state index contributed by atoms with van der Waals surface area (Å²) in [7, 11) is 0. The van der Waals surface area contributed by atoms with Gasteiger partial charge in [-0.25, -0.2) is 4.98 Å². The molecule has 2 aromatic carbocycles. The average molecular weight is 293 g/mol. The summed E-state index contributed by atoms with van der Waals surface area (Å²) in [6.07, 6.45) is 5.62. The largest absolute Gasteiger partial charge is 0.445 e. The van der Waals surface area contributed by atoms with Gasteiger partial charge in [-0.3, -0.25) is 0 Å². The lowest BCUT2D eigenvalue weighted by Crippen LogP contribution is -1.80. The number of hydrogen-bond donors (Lipinski definition) is 0. The summed E-state index contributed by atoms with van der Waals surface area (Å²) in [5, 5.41) is 0. The third-order valence-corrected chi connectivity index (χ3v) is 3.96. The number of benzene rings is 2. The number of thioether (sulfide) groups is 1. The third kappa shape index (κ3) is 4.10. The normalized spacial score (nSPS) is 11.0. The summed E-state index contributed by atoms with van der Waals surface area (Å²) in [4.78, 5) is 5.70. The van der Waals surface area contributed by atoms with E-state index in [0.717, 1.165) is 17.0 Å². The molecule has 0 spiro atoms. The molecule has 1 heterocycles. The van der Waals surface area contributed by atoms with E-state index in [1.54, 1.807) is 18.0 Å². The predicted octanol–water partition coefficient (Wildman–Crippen LogP) is 5.14. The molecule has 0 amide bonds. The van der Waals surface area contributed by atoms with Crippen molar-refractivity contribution >= 4 is 23.9 Å². The summed E-state index contributed by atoms with van der Waals surface area (Å²) >= 11 is 1.75. The van der Waals surface area contributed by atoms with Gasteiger partial charge in [0.25, 0.3) is 0 Å². The van der Waals surface area contributed by atoms with Gasteiger partial charge in [-0.05, 0) is 23.8 Å². The Morgan fingerprint density at radius 2 is 1.62 bits per heavy atom. The SMILES string of the molecule is C(=Cc1nc(CSc2ccccc2)co1)c1ccccc1. The van der Waals surface area contributed by atoms with Gasteiger partial charge in [0.1, 0.15) is 6.26 Å². The van der Waals surface area contributed by atoms with Gasteiger partial charge in [-0.1, -0.05) is 48.5 Å². The molecule has 0 unspecified atom stereocenters. The highest BCUT2D eigenvalue weighted by atomic mass is 32.2.